The van der Waals surface area contributed by atoms with Gasteiger partial charge in [0, 0.05) is 16.4 Å². The highest BCUT2D eigenvalue weighted by Crippen LogP contribution is 2.65. The fourth-order valence-electron chi connectivity index (χ4n) is 8.83. The Hall–Kier alpha value is -5.43. The van der Waals surface area contributed by atoms with Crippen molar-refractivity contribution >= 4 is 40.7 Å². The molecule has 6 atom stereocenters. The molecule has 9 nitrogen and oxygen atoms in total. The van der Waals surface area contributed by atoms with E-state index in [1.165, 1.54) is 16.2 Å². The molecule has 2 aliphatic carbocycles. The van der Waals surface area contributed by atoms with Gasteiger partial charge < -0.3 is 9.84 Å². The molecule has 266 valence electrons. The molecule has 0 spiro atoms. The average molecular weight is 728 g/mol. The number of benzene rings is 3. The molecule has 4 aromatic rings. The summed E-state index contributed by atoms with van der Waals surface area (Å²) in [6.45, 7) is 1.98. The number of hydrogen-bond donors (Lipinski definition) is 2. The van der Waals surface area contributed by atoms with Crippen LogP contribution in [0.15, 0.2) is 102 Å². The molecular weight excluding hydrogens is 696 g/mol. The number of alkyl halides is 3. The molecule has 3 heterocycles. The number of phenols is 1. The molecule has 3 fully saturated rings. The Balaban J connectivity index is 1.32. The third-order valence-electron chi connectivity index (χ3n) is 10.9. The molecule has 0 bridgehead atoms. The predicted molar refractivity (Wildman–Crippen MR) is 183 cm³/mol. The van der Waals surface area contributed by atoms with Gasteiger partial charge in [-0.15, -0.1) is 24.5 Å². The molecule has 1 saturated carbocycles. The number of carbonyl (C=O) groups is 4. The number of fused-ring (bicyclic) bond motifs is 4. The summed E-state index contributed by atoms with van der Waals surface area (Å²) in [5.41, 5.74) is 3.43. The number of amides is 4. The van der Waals surface area contributed by atoms with Crippen molar-refractivity contribution < 1.29 is 42.2 Å². The molecule has 6 unspecified atom stereocenters. The maximum absolute atomic E-state index is 15.2. The minimum atomic E-state index is -5.06. The van der Waals surface area contributed by atoms with Crippen molar-refractivity contribution in [2.75, 3.05) is 5.43 Å². The number of rotatable bonds is 7. The van der Waals surface area contributed by atoms with Crippen molar-refractivity contribution in [3.05, 3.63) is 124 Å². The van der Waals surface area contributed by atoms with Gasteiger partial charge in [-0.1, -0.05) is 65.7 Å². The lowest BCUT2D eigenvalue weighted by molar-refractivity contribution is -0.274. The van der Waals surface area contributed by atoms with Gasteiger partial charge in [0.1, 0.15) is 11.5 Å². The molecule has 8 rings (SSSR count). The average Bonchev–Trinajstić information content (AvgIpc) is 3.78. The lowest BCUT2D eigenvalue weighted by Gasteiger charge is -2.50. The van der Waals surface area contributed by atoms with Crippen LogP contribution in [0, 0.1) is 30.6 Å². The van der Waals surface area contributed by atoms with Crippen LogP contribution in [-0.2, 0) is 31.1 Å². The van der Waals surface area contributed by atoms with Crippen LogP contribution in [0.4, 0.5) is 18.9 Å². The van der Waals surface area contributed by atoms with Crippen LogP contribution in [0.2, 0.25) is 0 Å². The van der Waals surface area contributed by atoms with E-state index in [1.807, 2.05) is 36.6 Å². The summed E-state index contributed by atoms with van der Waals surface area (Å²) in [5, 5.41) is 14.3. The Morgan fingerprint density at radius 1 is 0.923 bits per heavy atom. The summed E-state index contributed by atoms with van der Waals surface area (Å²) < 4.78 is 44.9. The van der Waals surface area contributed by atoms with Crippen molar-refractivity contribution in [1.82, 2.24) is 9.91 Å². The van der Waals surface area contributed by atoms with Crippen LogP contribution in [0.5, 0.6) is 11.5 Å². The summed E-state index contributed by atoms with van der Waals surface area (Å²) in [7, 11) is 0. The Morgan fingerprint density at radius 3 is 2.37 bits per heavy atom. The highest BCUT2D eigenvalue weighted by Gasteiger charge is 2.70. The highest BCUT2D eigenvalue weighted by molar-refractivity contribution is 7.09. The number of carbonyl (C=O) groups excluding carboxylic acids is 4. The number of hydrogen-bond acceptors (Lipinski definition) is 8. The Labute approximate surface area is 300 Å². The molecule has 2 N–H and O–H groups in total. The van der Waals surface area contributed by atoms with Crippen LogP contribution in [0.3, 0.4) is 0 Å². The third kappa shape index (κ3) is 5.28. The molecule has 1 aromatic heterocycles. The number of halogens is 3. The van der Waals surface area contributed by atoms with Gasteiger partial charge in [-0.2, -0.15) is 5.01 Å². The maximum atomic E-state index is 15.2. The van der Waals surface area contributed by atoms with Crippen molar-refractivity contribution in [1.29, 1.82) is 0 Å². The van der Waals surface area contributed by atoms with Crippen molar-refractivity contribution in [3.63, 3.8) is 0 Å². The van der Waals surface area contributed by atoms with E-state index >= 15 is 4.79 Å². The van der Waals surface area contributed by atoms with Gasteiger partial charge >= 0.3 is 6.36 Å². The standard InChI is InChI=1S/C39H32F3N3O6S/c1-21-9-11-23(12-10-21)43-45-35(48)30-19-28-26(14-15-27-32(28)36(49)44(34(27)47)20-25-8-5-17-52-25)33(38(30,37(45)50)22-6-3-2-4-7-22)29-18-24(13-16-31(29)46)51-39(40,41)42/h2-14,16-18,27-28,30,32-33,43,46H,15,19-20H2,1H3. The number of likely N-dealkylation sites (tertiary alicyclic amines) is 1. The van der Waals surface area contributed by atoms with Gasteiger partial charge in [0.15, 0.2) is 0 Å². The highest BCUT2D eigenvalue weighted by atomic mass is 32.1. The zero-order valence-electron chi connectivity index (χ0n) is 27.7. The number of imide groups is 2. The number of hydrazine groups is 1. The number of aryl methyl sites for hydroxylation is 1. The molecule has 3 aromatic carbocycles. The summed E-state index contributed by atoms with van der Waals surface area (Å²) in [4.78, 5) is 60.1. The van der Waals surface area contributed by atoms with E-state index in [4.69, 9.17) is 0 Å². The van der Waals surface area contributed by atoms with Crippen LogP contribution in [-0.4, -0.2) is 45.0 Å². The molecular formula is C39H32F3N3O6S. The summed E-state index contributed by atoms with van der Waals surface area (Å²) in [5.74, 6) is -7.81. The van der Waals surface area contributed by atoms with Crippen molar-refractivity contribution in [2.24, 2.45) is 23.7 Å². The third-order valence-corrected chi connectivity index (χ3v) is 11.8. The fraction of sp³-hybridized carbons (Fsp3) is 0.282. The van der Waals surface area contributed by atoms with Crippen molar-refractivity contribution in [2.45, 2.75) is 44.0 Å². The van der Waals surface area contributed by atoms with Gasteiger partial charge in [0.25, 0.3) is 11.8 Å². The second kappa shape index (κ2) is 12.4. The first-order valence-corrected chi connectivity index (χ1v) is 17.7. The lowest BCUT2D eigenvalue weighted by atomic mass is 9.49. The lowest BCUT2D eigenvalue weighted by Crippen LogP contribution is -2.53. The van der Waals surface area contributed by atoms with E-state index in [-0.39, 0.29) is 30.9 Å². The Morgan fingerprint density at radius 2 is 1.67 bits per heavy atom. The predicted octanol–water partition coefficient (Wildman–Crippen LogP) is 6.85. The number of allylic oxidation sites excluding steroid dienone is 2. The normalized spacial score (nSPS) is 26.9. The Bertz CT molecular complexity index is 2120. The number of anilines is 1. The van der Waals surface area contributed by atoms with Gasteiger partial charge in [-0.05, 0) is 73.0 Å². The van der Waals surface area contributed by atoms with E-state index in [2.05, 4.69) is 10.2 Å². The molecule has 13 heteroatoms. The second-order valence-corrected chi connectivity index (χ2v) is 14.7. The number of aromatic hydroxyl groups is 1. The molecule has 2 saturated heterocycles. The van der Waals surface area contributed by atoms with Crippen LogP contribution in [0.25, 0.3) is 0 Å². The second-order valence-electron chi connectivity index (χ2n) is 13.7. The molecule has 4 amide bonds. The SMILES string of the molecule is Cc1ccc(NN2C(=O)C3CC4C(=CCC5C(=O)N(Cc6cccs6)C(=O)C54)C(c4cc(OC(F)(F)F)ccc4O)C3(c3ccccc3)C2=O)cc1. The molecule has 0 radical (unpaired) electrons. The van der Waals surface area contributed by atoms with Crippen LogP contribution in [0.1, 0.15) is 40.3 Å². The van der Waals surface area contributed by atoms with E-state index < -0.39 is 70.6 Å². The number of ether oxygens (including phenoxy) is 1. The molecule has 52 heavy (non-hydrogen) atoms. The first-order valence-electron chi connectivity index (χ1n) is 16.8. The summed E-state index contributed by atoms with van der Waals surface area (Å²) >= 11 is 1.41. The summed E-state index contributed by atoms with van der Waals surface area (Å²) in [6.07, 6.45) is -3.15. The fourth-order valence-corrected chi connectivity index (χ4v) is 9.52. The maximum Gasteiger partial charge on any atom is 0.573 e. The van der Waals surface area contributed by atoms with Gasteiger partial charge in [0.2, 0.25) is 11.8 Å². The van der Waals surface area contributed by atoms with E-state index in [0.717, 1.165) is 33.6 Å². The monoisotopic (exact) mass is 727 g/mol. The van der Waals surface area contributed by atoms with Gasteiger partial charge in [-0.25, -0.2) is 0 Å². The number of thiophene rings is 1. The minimum Gasteiger partial charge on any atom is -0.508 e. The zero-order valence-corrected chi connectivity index (χ0v) is 28.5. The quantitative estimate of drug-likeness (QED) is 0.158. The molecule has 4 aliphatic rings. The van der Waals surface area contributed by atoms with Gasteiger partial charge in [0.05, 0.1) is 35.4 Å². The van der Waals surface area contributed by atoms with E-state index in [9.17, 15) is 32.7 Å². The topological polar surface area (TPSA) is 116 Å². The number of phenolic OH excluding ortho intramolecular Hbond substituents is 1. The van der Waals surface area contributed by atoms with Crippen LogP contribution < -0.4 is 10.2 Å². The largest absolute Gasteiger partial charge is 0.573 e. The van der Waals surface area contributed by atoms with Crippen LogP contribution >= 0.6 is 11.3 Å². The molecule has 2 aliphatic heterocycles. The first kappa shape index (κ1) is 33.7. The van der Waals surface area contributed by atoms with Crippen molar-refractivity contribution in [3.8, 4) is 11.5 Å². The minimum absolute atomic E-state index is 0.000408. The Kier molecular flexibility index (Phi) is 8.01. The smallest absolute Gasteiger partial charge is 0.508 e. The number of nitrogens with one attached hydrogen (secondary N) is 1. The van der Waals surface area contributed by atoms with E-state index in [1.54, 1.807) is 48.5 Å². The first-order chi connectivity index (χ1) is 24.9. The summed E-state index contributed by atoms with van der Waals surface area (Å²) in [6, 6.07) is 22.3. The van der Waals surface area contributed by atoms with Gasteiger partial charge in [-0.3, -0.25) is 29.5 Å². The number of nitrogens with zero attached hydrogens (tertiary/aromatic N) is 2. The zero-order chi connectivity index (χ0) is 36.5. The van der Waals surface area contributed by atoms with E-state index in [0.29, 0.717) is 16.8 Å².